The van der Waals surface area contributed by atoms with Crippen LogP contribution in [0.15, 0.2) is 47.3 Å². The Bertz CT molecular complexity index is 2370. The molecule has 2 aliphatic carbocycles. The molecule has 3 saturated heterocycles. The molecule has 0 aromatic carbocycles. The summed E-state index contributed by atoms with van der Waals surface area (Å²) < 4.78 is 0. The van der Waals surface area contributed by atoms with Crippen LogP contribution >= 0.6 is 0 Å². The molecule has 3 unspecified atom stereocenters. The smallest absolute Gasteiger partial charge is 0.237 e. The number of likely N-dealkylation sites (N-methyl/N-ethyl adjacent to an activating group) is 4. The zero-order valence-electron chi connectivity index (χ0n) is 57.4. The van der Waals surface area contributed by atoms with E-state index >= 15 is 0 Å². The summed E-state index contributed by atoms with van der Waals surface area (Å²) in [4.78, 5) is 55.1. The molecule has 5 aliphatic rings. The lowest BCUT2D eigenvalue weighted by molar-refractivity contribution is -0.128. The summed E-state index contributed by atoms with van der Waals surface area (Å²) in [5.41, 5.74) is 3.13. The number of carbonyl (C=O) groups is 3. The molecule has 3 heterocycles. The van der Waals surface area contributed by atoms with Crippen LogP contribution in [0.4, 0.5) is 0 Å². The van der Waals surface area contributed by atoms with Gasteiger partial charge in [-0.05, 0) is 89.7 Å². The molecule has 0 aromatic rings. The van der Waals surface area contributed by atoms with Crippen molar-refractivity contribution >= 4 is 17.7 Å². The zero-order valence-corrected chi connectivity index (χ0v) is 57.4. The second-order valence-corrected chi connectivity index (χ2v) is 26.4. The van der Waals surface area contributed by atoms with Crippen molar-refractivity contribution in [2.24, 2.45) is 5.92 Å². The molecule has 0 radical (unpaired) electrons. The van der Waals surface area contributed by atoms with Crippen LogP contribution in [0.25, 0.3) is 0 Å². The van der Waals surface area contributed by atoms with Crippen molar-refractivity contribution in [2.75, 3.05) is 138 Å². The van der Waals surface area contributed by atoms with Crippen molar-refractivity contribution in [1.82, 2.24) is 71.9 Å². The van der Waals surface area contributed by atoms with E-state index in [1.165, 1.54) is 0 Å². The number of aliphatic hydroxyl groups is 14. The molecule has 22 N–H and O–H groups in total. The van der Waals surface area contributed by atoms with Gasteiger partial charge in [-0.25, -0.2) is 0 Å². The van der Waals surface area contributed by atoms with Gasteiger partial charge in [0.25, 0.3) is 0 Å². The standard InChI is InChI=1S/C65H122N14O17/c1-6-44-65(96)79(37-43-34-42(18-19-45(43)69-44)64(95)74(5)38-54-70-46-16-12-13-17-47(46)71-54)25-15-11-10-14-24-66-62(93)48(20-22-55(86)67-35-50(82)58(89)60(91)52(84)40-80)73-63(94)49(21-23-56(87)68-36-51(83)59(90)61(92)53(85)41-81)72-57(88)39-78-32-30-76(8-3)28-26-75(7-2)27-29-77(9-4)31-33-78/h12-13,16,19,34,42,44,47-55,58-61,63-65,67,69-71,73,80-86,89-92,94-96H,6-11,14-15,17-18,20-33,35-41H2,1-5H3,(H,66,93)(H,68,87)(H,72,88)/t42?,44?,47?,48-,49-,50-,51+,52+,53-,54+,55+,58+,59-,60+,61-,63+,64+,65+/m0/s1. The van der Waals surface area contributed by atoms with E-state index < -0.39 is 130 Å². The Balaban J connectivity index is 1.25. The second-order valence-electron chi connectivity index (χ2n) is 26.4. The van der Waals surface area contributed by atoms with Gasteiger partial charge in [-0.15, -0.1) is 0 Å². The molecule has 3 fully saturated rings. The molecule has 31 nitrogen and oxygen atoms in total. The minimum Gasteiger partial charge on any atom is -0.394 e. The minimum atomic E-state index is -1.95. The average Bonchev–Trinajstić information content (AvgIpc) is 1.64. The van der Waals surface area contributed by atoms with E-state index in [0.29, 0.717) is 71.5 Å². The molecule has 554 valence electrons. The third-order valence-electron chi connectivity index (χ3n) is 19.3. The summed E-state index contributed by atoms with van der Waals surface area (Å²) >= 11 is 0. The van der Waals surface area contributed by atoms with Crippen LogP contribution in [0.1, 0.15) is 98.3 Å². The summed E-state index contributed by atoms with van der Waals surface area (Å²) in [7, 11) is 1.92. The largest absolute Gasteiger partial charge is 0.394 e. The van der Waals surface area contributed by atoms with Gasteiger partial charge < -0.3 is 113 Å². The molecule has 0 saturated carbocycles. The molecule has 3 aliphatic heterocycles. The van der Waals surface area contributed by atoms with E-state index in [-0.39, 0.29) is 62.9 Å². The van der Waals surface area contributed by atoms with Crippen LogP contribution in [0.3, 0.4) is 0 Å². The first-order valence-electron chi connectivity index (χ1n) is 35.1. The van der Waals surface area contributed by atoms with E-state index in [4.69, 9.17) is 0 Å². The minimum absolute atomic E-state index is 0.00432. The van der Waals surface area contributed by atoms with Crippen molar-refractivity contribution in [3.63, 3.8) is 0 Å². The summed E-state index contributed by atoms with van der Waals surface area (Å²) in [6.45, 7) is 15.7. The number of aliphatic hydroxyl groups excluding tert-OH is 14. The number of nitrogens with zero attached hydrogens (tertiary/aromatic N) is 6. The van der Waals surface area contributed by atoms with E-state index in [2.05, 4.69) is 113 Å². The second kappa shape index (κ2) is 43.7. The Morgan fingerprint density at radius 1 is 0.677 bits per heavy atom. The lowest BCUT2D eigenvalue weighted by Crippen LogP contribution is -2.58. The number of rotatable bonds is 41. The van der Waals surface area contributed by atoms with E-state index in [1.54, 1.807) is 0 Å². The normalized spacial score (nSPS) is 25.5. The first-order valence-corrected chi connectivity index (χ1v) is 35.1. The molecule has 0 bridgehead atoms. The van der Waals surface area contributed by atoms with Crippen molar-refractivity contribution in [3.05, 3.63) is 47.3 Å². The van der Waals surface area contributed by atoms with Gasteiger partial charge in [0.05, 0.1) is 62.3 Å². The predicted molar refractivity (Wildman–Crippen MR) is 360 cm³/mol. The number of allylic oxidation sites excluding steroid dienone is 3. The molecule has 3 amide bonds. The Labute approximate surface area is 567 Å². The van der Waals surface area contributed by atoms with Crippen molar-refractivity contribution in [2.45, 2.75) is 202 Å². The maximum atomic E-state index is 14.3. The number of unbranched alkanes of at least 4 members (excludes halogenated alkanes) is 3. The van der Waals surface area contributed by atoms with Crippen molar-refractivity contribution in [3.8, 4) is 0 Å². The fourth-order valence-electron chi connectivity index (χ4n) is 12.7. The van der Waals surface area contributed by atoms with Gasteiger partial charge >= 0.3 is 0 Å². The maximum absolute atomic E-state index is 14.3. The van der Waals surface area contributed by atoms with Gasteiger partial charge in [-0.2, -0.15) is 0 Å². The van der Waals surface area contributed by atoms with Gasteiger partial charge in [0.1, 0.15) is 61.5 Å². The third-order valence-corrected chi connectivity index (χ3v) is 19.3. The maximum Gasteiger partial charge on any atom is 0.237 e. The Hall–Kier alpha value is -3.95. The Kier molecular flexibility index (Phi) is 37.6. The van der Waals surface area contributed by atoms with Crippen LogP contribution < -0.4 is 42.5 Å². The van der Waals surface area contributed by atoms with E-state index in [1.807, 2.05) is 23.8 Å². The van der Waals surface area contributed by atoms with Crippen LogP contribution in [0.5, 0.6) is 0 Å². The molecule has 0 spiro atoms. The summed E-state index contributed by atoms with van der Waals surface area (Å²) in [6, 6.07) is -2.50. The quantitative estimate of drug-likeness (QED) is 0.0200. The monoisotopic (exact) mass is 1370 g/mol. The fraction of sp³-hybridized carbons (Fsp3) is 0.831. The highest BCUT2D eigenvalue weighted by molar-refractivity contribution is 5.82. The first-order chi connectivity index (χ1) is 45.9. The van der Waals surface area contributed by atoms with Crippen molar-refractivity contribution < 1.29 is 85.9 Å². The summed E-state index contributed by atoms with van der Waals surface area (Å²) in [6.07, 6.45) is -4.96. The van der Waals surface area contributed by atoms with Gasteiger partial charge in [-0.3, -0.25) is 45.0 Å². The first kappa shape index (κ1) is 82.7. The number of carbonyl (C=O) groups excluding carboxylic acids is 3. The van der Waals surface area contributed by atoms with Crippen LogP contribution in [0.2, 0.25) is 0 Å². The highest BCUT2D eigenvalue weighted by atomic mass is 16.4. The number of hydrogen-bond donors (Lipinski definition) is 22. The van der Waals surface area contributed by atoms with Crippen molar-refractivity contribution in [1.29, 1.82) is 0 Å². The highest BCUT2D eigenvalue weighted by Crippen LogP contribution is 2.30. The van der Waals surface area contributed by atoms with Gasteiger partial charge in [-0.1, -0.05) is 64.8 Å². The topological polar surface area (TPSA) is 450 Å². The number of nitrogens with one attached hydrogen (secondary N) is 8. The molecular weight excluding hydrogens is 1250 g/mol. The Morgan fingerprint density at radius 3 is 1.84 bits per heavy atom. The third kappa shape index (κ3) is 27.2. The zero-order chi connectivity index (χ0) is 70.4. The van der Waals surface area contributed by atoms with E-state index in [0.717, 1.165) is 82.0 Å². The van der Waals surface area contributed by atoms with Crippen LogP contribution in [-0.2, 0) is 14.4 Å². The lowest BCUT2D eigenvalue weighted by Gasteiger charge is -2.34. The van der Waals surface area contributed by atoms with Gasteiger partial charge in [0.2, 0.25) is 17.7 Å². The summed E-state index contributed by atoms with van der Waals surface area (Å²) in [5, 5.41) is 171. The number of fused-ring (bicyclic) bond motifs is 2. The Morgan fingerprint density at radius 2 is 1.26 bits per heavy atom. The number of hydrogen-bond acceptors (Lipinski definition) is 28. The average molecular weight is 1370 g/mol. The molecule has 96 heavy (non-hydrogen) atoms. The SMILES string of the molecule is CCC1NC2=CCC([C@@H](O)N(C)C[C@@H]3NC4=CC=CCC4N3)C=C2CN(CCCCCCNC(=O)[C@H](CC[C@@H](O)NC[C@H](O)[C@@H](O)[C@H](O)[C@H](O)CO)N[C@H](O)[C@H](CCC(=O)NC[C@@H](O)[C@H](O)[C@@H](O)[C@@H](O)CO)NC(=O)CN2CCN(CC)CCN(CC)CCN(CC)CC2)[C@@H]1O. The van der Waals surface area contributed by atoms with Crippen LogP contribution in [-0.4, -0.2) is 361 Å². The number of amides is 3. The van der Waals surface area contributed by atoms with Gasteiger partial charge in [0.15, 0.2) is 0 Å². The molecule has 5 rings (SSSR count). The molecule has 18 atom stereocenters. The predicted octanol–water partition coefficient (Wildman–Crippen LogP) is -7.02. The molecule has 31 heteroatoms. The van der Waals surface area contributed by atoms with E-state index in [9.17, 15) is 85.9 Å². The highest BCUT2D eigenvalue weighted by Gasteiger charge is 2.37. The molecule has 0 aromatic heterocycles. The van der Waals surface area contributed by atoms with Gasteiger partial charge in [0, 0.05) is 115 Å². The van der Waals surface area contributed by atoms with Crippen LogP contribution in [0, 0.1) is 5.92 Å². The fourth-order valence-corrected chi connectivity index (χ4v) is 12.7. The molecular formula is C65H122N14O17. The lowest BCUT2D eigenvalue weighted by atomic mass is 9.91. The summed E-state index contributed by atoms with van der Waals surface area (Å²) in [5.74, 6) is -1.95.